The summed E-state index contributed by atoms with van der Waals surface area (Å²) in [5.41, 5.74) is 4.54. The third-order valence-electron chi connectivity index (χ3n) is 4.68. The molecular weight excluding hydrogens is 386 g/mol. The fourth-order valence-electron chi connectivity index (χ4n) is 2.41. The quantitative estimate of drug-likeness (QED) is 0.549. The van der Waals surface area contributed by atoms with Crippen molar-refractivity contribution in [2.75, 3.05) is 10.8 Å². The average molecular weight is 416 g/mol. The minimum Gasteiger partial charge on any atom is -0.271 e. The topological polar surface area (TPSA) is 78.8 Å². The number of hydrogen-bond donors (Lipinski definition) is 1. The van der Waals surface area contributed by atoms with Gasteiger partial charge in [-0.3, -0.25) is 9.10 Å². The SMILES string of the molecule is CCc1ccc(N(CC(=O)N/N=C(/C)C(C)(C)C)S(=O)(=O)c2ccccc2)cc1. The molecule has 0 aliphatic heterocycles. The lowest BCUT2D eigenvalue weighted by Gasteiger charge is -2.24. The van der Waals surface area contributed by atoms with Crippen molar-refractivity contribution in [2.24, 2.45) is 10.5 Å². The molecule has 0 aliphatic carbocycles. The lowest BCUT2D eigenvalue weighted by atomic mass is 9.91. The van der Waals surface area contributed by atoms with Crippen LogP contribution in [0, 0.1) is 5.41 Å². The number of hydrogen-bond acceptors (Lipinski definition) is 4. The van der Waals surface area contributed by atoms with Crippen LogP contribution in [0.5, 0.6) is 0 Å². The number of hydrazone groups is 1. The van der Waals surface area contributed by atoms with Crippen LogP contribution in [0.1, 0.15) is 40.2 Å². The van der Waals surface area contributed by atoms with Crippen LogP contribution in [-0.2, 0) is 21.2 Å². The molecule has 1 N–H and O–H groups in total. The molecule has 2 aromatic carbocycles. The van der Waals surface area contributed by atoms with Gasteiger partial charge in [-0.25, -0.2) is 13.8 Å². The van der Waals surface area contributed by atoms with Crippen LogP contribution >= 0.6 is 0 Å². The van der Waals surface area contributed by atoms with Gasteiger partial charge < -0.3 is 0 Å². The fraction of sp³-hybridized carbons (Fsp3) is 0.364. The monoisotopic (exact) mass is 415 g/mol. The van der Waals surface area contributed by atoms with Crippen molar-refractivity contribution in [1.82, 2.24) is 5.43 Å². The summed E-state index contributed by atoms with van der Waals surface area (Å²) in [5.74, 6) is -0.507. The second kappa shape index (κ2) is 9.22. The summed E-state index contributed by atoms with van der Waals surface area (Å²) in [7, 11) is -3.91. The van der Waals surface area contributed by atoms with Crippen molar-refractivity contribution in [3.05, 3.63) is 60.2 Å². The van der Waals surface area contributed by atoms with E-state index in [1.54, 1.807) is 30.3 Å². The highest BCUT2D eigenvalue weighted by molar-refractivity contribution is 7.92. The number of carbonyl (C=O) groups excluding carboxylic acids is 1. The molecule has 0 aromatic heterocycles. The summed E-state index contributed by atoms with van der Waals surface area (Å²) >= 11 is 0. The molecule has 0 unspecified atom stereocenters. The van der Waals surface area contributed by atoms with Gasteiger partial charge in [-0.15, -0.1) is 0 Å². The lowest BCUT2D eigenvalue weighted by Crippen LogP contribution is -2.40. The molecule has 1 amide bonds. The van der Waals surface area contributed by atoms with Gasteiger partial charge in [0.05, 0.1) is 10.6 Å². The second-order valence-electron chi connectivity index (χ2n) is 7.83. The smallest absolute Gasteiger partial charge is 0.264 e. The van der Waals surface area contributed by atoms with Crippen molar-refractivity contribution >= 4 is 27.3 Å². The van der Waals surface area contributed by atoms with E-state index in [-0.39, 0.29) is 16.9 Å². The number of amides is 1. The minimum absolute atomic E-state index is 0.127. The normalized spacial score (nSPS) is 12.5. The number of anilines is 1. The van der Waals surface area contributed by atoms with Crippen molar-refractivity contribution in [1.29, 1.82) is 0 Å². The fourth-order valence-corrected chi connectivity index (χ4v) is 3.85. The molecule has 0 saturated heterocycles. The van der Waals surface area contributed by atoms with E-state index in [1.807, 2.05) is 46.8 Å². The minimum atomic E-state index is -3.91. The van der Waals surface area contributed by atoms with Gasteiger partial charge >= 0.3 is 0 Å². The molecule has 0 fully saturated rings. The molecule has 29 heavy (non-hydrogen) atoms. The van der Waals surface area contributed by atoms with E-state index in [0.717, 1.165) is 22.0 Å². The first kappa shape index (κ1) is 22.6. The van der Waals surface area contributed by atoms with Crippen LogP contribution < -0.4 is 9.73 Å². The zero-order valence-corrected chi connectivity index (χ0v) is 18.5. The van der Waals surface area contributed by atoms with Gasteiger partial charge in [-0.05, 0) is 43.2 Å². The first-order chi connectivity index (χ1) is 13.6. The number of carbonyl (C=O) groups is 1. The maximum absolute atomic E-state index is 13.2. The molecule has 0 heterocycles. The molecular formula is C22H29N3O3S. The summed E-state index contributed by atoms with van der Waals surface area (Å²) in [6.45, 7) is 9.43. The van der Waals surface area contributed by atoms with E-state index < -0.39 is 15.9 Å². The molecule has 0 spiro atoms. The van der Waals surface area contributed by atoms with Crippen LogP contribution in [-0.4, -0.2) is 26.6 Å². The third kappa shape index (κ3) is 5.90. The number of aryl methyl sites for hydroxylation is 1. The lowest BCUT2D eigenvalue weighted by molar-refractivity contribution is -0.119. The van der Waals surface area contributed by atoms with Gasteiger partial charge in [0.2, 0.25) is 0 Å². The Bertz CT molecular complexity index is 961. The Balaban J connectivity index is 2.36. The van der Waals surface area contributed by atoms with Crippen LogP contribution in [0.15, 0.2) is 64.6 Å². The van der Waals surface area contributed by atoms with Crippen LogP contribution in [0.2, 0.25) is 0 Å². The number of rotatable bonds is 7. The van der Waals surface area contributed by atoms with E-state index in [9.17, 15) is 13.2 Å². The molecule has 156 valence electrons. The Labute approximate surface area is 173 Å². The zero-order chi connectivity index (χ0) is 21.7. The van der Waals surface area contributed by atoms with E-state index in [2.05, 4.69) is 10.5 Å². The van der Waals surface area contributed by atoms with E-state index in [4.69, 9.17) is 0 Å². The molecule has 6 nitrogen and oxygen atoms in total. The summed E-state index contributed by atoms with van der Waals surface area (Å²) in [5, 5.41) is 4.12. The summed E-state index contributed by atoms with van der Waals surface area (Å²) in [4.78, 5) is 12.7. The van der Waals surface area contributed by atoms with E-state index in [1.165, 1.54) is 12.1 Å². The van der Waals surface area contributed by atoms with E-state index >= 15 is 0 Å². The predicted molar refractivity (Wildman–Crippen MR) is 118 cm³/mol. The van der Waals surface area contributed by atoms with Crippen molar-refractivity contribution in [2.45, 2.75) is 45.9 Å². The van der Waals surface area contributed by atoms with Crippen molar-refractivity contribution in [3.8, 4) is 0 Å². The Morgan fingerprint density at radius 2 is 1.62 bits per heavy atom. The highest BCUT2D eigenvalue weighted by Crippen LogP contribution is 2.24. The molecule has 7 heteroatoms. The van der Waals surface area contributed by atoms with Crippen molar-refractivity contribution in [3.63, 3.8) is 0 Å². The van der Waals surface area contributed by atoms with Crippen LogP contribution in [0.3, 0.4) is 0 Å². The maximum atomic E-state index is 13.2. The van der Waals surface area contributed by atoms with Gasteiger partial charge in [0, 0.05) is 11.1 Å². The number of benzene rings is 2. The Hall–Kier alpha value is -2.67. The Morgan fingerprint density at radius 1 is 1.03 bits per heavy atom. The molecule has 0 aliphatic rings. The first-order valence-electron chi connectivity index (χ1n) is 9.56. The molecule has 2 aromatic rings. The molecule has 0 bridgehead atoms. The van der Waals surface area contributed by atoms with Crippen molar-refractivity contribution < 1.29 is 13.2 Å². The molecule has 2 rings (SSSR count). The summed E-state index contributed by atoms with van der Waals surface area (Å²) in [6.07, 6.45) is 0.840. The van der Waals surface area contributed by atoms with Gasteiger partial charge in [0.15, 0.2) is 0 Å². The Kier molecular flexibility index (Phi) is 7.19. The highest BCUT2D eigenvalue weighted by atomic mass is 32.2. The second-order valence-corrected chi connectivity index (χ2v) is 9.69. The maximum Gasteiger partial charge on any atom is 0.264 e. The third-order valence-corrected chi connectivity index (χ3v) is 6.47. The van der Waals surface area contributed by atoms with Crippen LogP contribution in [0.25, 0.3) is 0 Å². The standard InChI is InChI=1S/C22H29N3O3S/c1-6-18-12-14-19(15-13-18)25(29(27,28)20-10-8-7-9-11-20)16-21(26)24-23-17(2)22(3,4)5/h7-15H,6,16H2,1-5H3,(H,24,26)/b23-17-. The summed E-state index contributed by atoms with van der Waals surface area (Å²) in [6, 6.07) is 15.3. The van der Waals surface area contributed by atoms with Gasteiger partial charge in [0.25, 0.3) is 15.9 Å². The predicted octanol–water partition coefficient (Wildman–Crippen LogP) is 3.98. The largest absolute Gasteiger partial charge is 0.271 e. The first-order valence-corrected chi connectivity index (χ1v) is 11.0. The van der Waals surface area contributed by atoms with Crippen LogP contribution in [0.4, 0.5) is 5.69 Å². The zero-order valence-electron chi connectivity index (χ0n) is 17.6. The van der Waals surface area contributed by atoms with Gasteiger partial charge in [-0.1, -0.05) is 58.0 Å². The molecule has 0 saturated carbocycles. The highest BCUT2D eigenvalue weighted by Gasteiger charge is 2.27. The van der Waals surface area contributed by atoms with E-state index in [0.29, 0.717) is 5.69 Å². The number of nitrogens with one attached hydrogen (secondary N) is 1. The van der Waals surface area contributed by atoms with Gasteiger partial charge in [-0.2, -0.15) is 5.10 Å². The Morgan fingerprint density at radius 3 is 2.14 bits per heavy atom. The molecule has 0 radical (unpaired) electrons. The summed E-state index contributed by atoms with van der Waals surface area (Å²) < 4.78 is 27.6. The van der Waals surface area contributed by atoms with Gasteiger partial charge in [0.1, 0.15) is 6.54 Å². The molecule has 0 atom stereocenters. The average Bonchev–Trinajstić information content (AvgIpc) is 2.70. The number of sulfonamides is 1. The number of nitrogens with zero attached hydrogens (tertiary/aromatic N) is 2.